The number of carbonyl (C=O) groups is 2. The van der Waals surface area contributed by atoms with Crippen molar-refractivity contribution >= 4 is 39.2 Å². The number of aromatic nitrogens is 1. The van der Waals surface area contributed by atoms with E-state index in [2.05, 4.69) is 10.3 Å². The smallest absolute Gasteiger partial charge is 0.372 e. The van der Waals surface area contributed by atoms with Gasteiger partial charge in [-0.1, -0.05) is 0 Å². The molecule has 2 amide bonds. The molecule has 0 bridgehead atoms. The number of halogens is 3. The molecule has 0 unspecified atom stereocenters. The molecule has 0 aliphatic carbocycles. The Hall–Kier alpha value is -2.40. The first-order chi connectivity index (χ1) is 14.1. The van der Waals surface area contributed by atoms with Crippen molar-refractivity contribution in [3.8, 4) is 0 Å². The van der Waals surface area contributed by atoms with Crippen LogP contribution in [0.1, 0.15) is 22.8 Å². The molecule has 2 aromatic heterocycles. The Balaban J connectivity index is 1.57. The minimum atomic E-state index is -4.56. The van der Waals surface area contributed by atoms with Crippen LogP contribution in [0.3, 0.4) is 0 Å². The predicted octanol–water partition coefficient (Wildman–Crippen LogP) is 2.36. The molecule has 0 saturated carbocycles. The zero-order valence-corrected chi connectivity index (χ0v) is 17.5. The number of nitrogens with zero attached hydrogens (tertiary/aromatic N) is 3. The topological polar surface area (TPSA) is 74.8 Å². The molecule has 162 valence electrons. The van der Waals surface area contributed by atoms with Gasteiger partial charge < -0.3 is 19.9 Å². The van der Waals surface area contributed by atoms with Gasteiger partial charge in [0.2, 0.25) is 0 Å². The number of anilines is 1. The molecule has 2 aliphatic heterocycles. The van der Waals surface area contributed by atoms with E-state index in [0.29, 0.717) is 26.2 Å². The van der Waals surface area contributed by atoms with Gasteiger partial charge in [0.25, 0.3) is 11.8 Å². The molecule has 2 saturated heterocycles. The lowest BCUT2D eigenvalue weighted by Gasteiger charge is -2.60. The normalized spacial score (nSPS) is 18.9. The number of likely N-dealkylation sites (tertiary alicyclic amines) is 1. The van der Waals surface area contributed by atoms with E-state index in [4.69, 9.17) is 4.74 Å². The third-order valence-corrected chi connectivity index (χ3v) is 6.73. The Morgan fingerprint density at radius 1 is 1.30 bits per heavy atom. The van der Waals surface area contributed by atoms with E-state index in [-0.39, 0.29) is 32.9 Å². The van der Waals surface area contributed by atoms with Gasteiger partial charge in [-0.15, -0.1) is 11.3 Å². The van der Waals surface area contributed by atoms with Crippen LogP contribution in [0, 0.1) is 5.41 Å². The van der Waals surface area contributed by atoms with Gasteiger partial charge >= 0.3 is 6.18 Å². The molecule has 7 nitrogen and oxygen atoms in total. The summed E-state index contributed by atoms with van der Waals surface area (Å²) in [6, 6.07) is 1.05. The Kier molecular flexibility index (Phi) is 4.93. The van der Waals surface area contributed by atoms with Crippen molar-refractivity contribution in [1.82, 2.24) is 15.2 Å². The molecule has 4 rings (SSSR count). The third kappa shape index (κ3) is 3.29. The quantitative estimate of drug-likeness (QED) is 0.787. The Labute approximate surface area is 174 Å². The lowest BCUT2D eigenvalue weighted by atomic mass is 9.72. The average Bonchev–Trinajstić information content (AvgIpc) is 3.06. The highest BCUT2D eigenvalue weighted by Gasteiger charge is 2.54. The first-order valence-electron chi connectivity index (χ1n) is 9.36. The monoisotopic (exact) mass is 442 g/mol. The van der Waals surface area contributed by atoms with Gasteiger partial charge in [-0.3, -0.25) is 9.59 Å². The van der Waals surface area contributed by atoms with Crippen molar-refractivity contribution in [3.05, 3.63) is 22.6 Å². The summed E-state index contributed by atoms with van der Waals surface area (Å²) in [6.45, 7) is 3.79. The van der Waals surface area contributed by atoms with Crippen molar-refractivity contribution in [2.75, 3.05) is 45.2 Å². The SMILES string of the molecule is CNC(=O)c1csc2c(C(F)(F)F)cc(N3CC4(CN(C(=O)[C@@H](C)OC)C4)C3)nc12. The van der Waals surface area contributed by atoms with Crippen LogP contribution in [0.5, 0.6) is 0 Å². The number of ether oxygens (including phenoxy) is 1. The summed E-state index contributed by atoms with van der Waals surface area (Å²) in [5.74, 6) is -0.368. The molecule has 2 fully saturated rings. The summed E-state index contributed by atoms with van der Waals surface area (Å²) in [5.41, 5.74) is -0.724. The number of carbonyl (C=O) groups excluding carboxylic acids is 2. The number of pyridine rings is 1. The van der Waals surface area contributed by atoms with Crippen LogP contribution in [0.2, 0.25) is 0 Å². The molecule has 2 aromatic rings. The summed E-state index contributed by atoms with van der Waals surface area (Å²) in [6.07, 6.45) is -5.07. The summed E-state index contributed by atoms with van der Waals surface area (Å²) >= 11 is 0.863. The van der Waals surface area contributed by atoms with Crippen LogP contribution in [0.15, 0.2) is 11.4 Å². The predicted molar refractivity (Wildman–Crippen MR) is 106 cm³/mol. The van der Waals surface area contributed by atoms with E-state index in [1.54, 1.807) is 16.7 Å². The fourth-order valence-electron chi connectivity index (χ4n) is 4.07. The van der Waals surface area contributed by atoms with Gasteiger partial charge in [0.05, 0.1) is 21.3 Å². The van der Waals surface area contributed by atoms with Crippen LogP contribution in [-0.2, 0) is 15.7 Å². The van der Waals surface area contributed by atoms with Crippen LogP contribution < -0.4 is 10.2 Å². The van der Waals surface area contributed by atoms with E-state index < -0.39 is 23.8 Å². The number of methoxy groups -OCH3 is 1. The second-order valence-electron chi connectivity index (χ2n) is 7.86. The summed E-state index contributed by atoms with van der Waals surface area (Å²) in [7, 11) is 2.90. The largest absolute Gasteiger partial charge is 0.417 e. The van der Waals surface area contributed by atoms with Gasteiger partial charge in [0.15, 0.2) is 0 Å². The summed E-state index contributed by atoms with van der Waals surface area (Å²) in [4.78, 5) is 32.1. The van der Waals surface area contributed by atoms with E-state index in [1.807, 2.05) is 0 Å². The fourth-order valence-corrected chi connectivity index (χ4v) is 5.09. The van der Waals surface area contributed by atoms with E-state index >= 15 is 0 Å². The highest BCUT2D eigenvalue weighted by molar-refractivity contribution is 7.17. The second-order valence-corrected chi connectivity index (χ2v) is 8.74. The van der Waals surface area contributed by atoms with Crippen LogP contribution >= 0.6 is 11.3 Å². The molecular weight excluding hydrogens is 421 g/mol. The lowest BCUT2D eigenvalue weighted by molar-refractivity contribution is -0.155. The van der Waals surface area contributed by atoms with Gasteiger partial charge in [0, 0.05) is 51.1 Å². The van der Waals surface area contributed by atoms with E-state index in [0.717, 1.165) is 17.4 Å². The number of hydrogen-bond acceptors (Lipinski definition) is 6. The van der Waals surface area contributed by atoms with Crippen molar-refractivity contribution < 1.29 is 27.5 Å². The van der Waals surface area contributed by atoms with Crippen molar-refractivity contribution in [3.63, 3.8) is 0 Å². The maximum Gasteiger partial charge on any atom is 0.417 e. The second kappa shape index (κ2) is 7.09. The molecule has 0 radical (unpaired) electrons. The molecule has 1 N–H and O–H groups in total. The summed E-state index contributed by atoms with van der Waals surface area (Å²) < 4.78 is 46.0. The number of hydrogen-bond donors (Lipinski definition) is 1. The van der Waals surface area contributed by atoms with Crippen LogP contribution in [-0.4, -0.2) is 68.1 Å². The van der Waals surface area contributed by atoms with Gasteiger partial charge in [-0.25, -0.2) is 4.98 Å². The molecule has 4 heterocycles. The molecule has 2 aliphatic rings. The number of thiophene rings is 1. The van der Waals surface area contributed by atoms with Gasteiger partial charge in [0.1, 0.15) is 11.9 Å². The minimum Gasteiger partial charge on any atom is -0.372 e. The maximum atomic E-state index is 13.7. The standard InChI is InChI=1S/C19H21F3N4O3S/c1-10(29-3)17(28)26-8-18(9-26)6-25(7-18)13-4-12(19(20,21)22)15-14(24-13)11(5-30-15)16(27)23-2/h4-5,10H,6-9H2,1-3H3,(H,23,27)/t10-/m1/s1. The highest BCUT2D eigenvalue weighted by atomic mass is 32.1. The van der Waals surface area contributed by atoms with Crippen LogP contribution in [0.4, 0.5) is 19.0 Å². The van der Waals surface area contributed by atoms with Crippen molar-refractivity contribution in [1.29, 1.82) is 0 Å². The fraction of sp³-hybridized carbons (Fsp3) is 0.526. The van der Waals surface area contributed by atoms with E-state index in [1.165, 1.54) is 19.5 Å². The first kappa shape index (κ1) is 20.9. The summed E-state index contributed by atoms with van der Waals surface area (Å²) in [5, 5.41) is 3.84. The highest BCUT2D eigenvalue weighted by Crippen LogP contribution is 2.45. The molecule has 30 heavy (non-hydrogen) atoms. The van der Waals surface area contributed by atoms with Crippen molar-refractivity contribution in [2.24, 2.45) is 5.41 Å². The Bertz CT molecular complexity index is 1010. The van der Waals surface area contributed by atoms with Crippen LogP contribution in [0.25, 0.3) is 10.2 Å². The molecule has 11 heteroatoms. The number of amides is 2. The maximum absolute atomic E-state index is 13.7. The third-order valence-electron chi connectivity index (χ3n) is 5.73. The molecule has 1 spiro atoms. The van der Waals surface area contributed by atoms with Crippen molar-refractivity contribution in [2.45, 2.75) is 19.2 Å². The number of rotatable bonds is 4. The molecular formula is C19H21F3N4O3S. The lowest BCUT2D eigenvalue weighted by Crippen LogP contribution is -2.74. The first-order valence-corrected chi connectivity index (χ1v) is 10.2. The van der Waals surface area contributed by atoms with Gasteiger partial charge in [-0.05, 0) is 13.0 Å². The Morgan fingerprint density at radius 3 is 2.53 bits per heavy atom. The molecule has 0 aromatic carbocycles. The number of fused-ring (bicyclic) bond motifs is 1. The minimum absolute atomic E-state index is 0.0472. The Morgan fingerprint density at radius 2 is 1.97 bits per heavy atom. The number of nitrogens with one attached hydrogen (secondary N) is 1. The number of alkyl halides is 3. The zero-order chi connectivity index (χ0) is 21.8. The average molecular weight is 442 g/mol. The molecule has 1 atom stereocenters. The van der Waals surface area contributed by atoms with Gasteiger partial charge in [-0.2, -0.15) is 13.2 Å². The zero-order valence-electron chi connectivity index (χ0n) is 16.7. The van der Waals surface area contributed by atoms with E-state index in [9.17, 15) is 22.8 Å².